The lowest BCUT2D eigenvalue weighted by molar-refractivity contribution is 0.102. The lowest BCUT2D eigenvalue weighted by Gasteiger charge is -2.23. The smallest absolute Gasteiger partial charge is 0.276 e. The third kappa shape index (κ3) is 4.10. The number of methoxy groups -OCH3 is 1. The molecular weight excluding hydrogens is 356 g/mol. The van der Waals surface area contributed by atoms with Crippen molar-refractivity contribution < 1.29 is 17.9 Å². The van der Waals surface area contributed by atoms with Crippen molar-refractivity contribution in [2.75, 3.05) is 35.9 Å². The SMILES string of the molecule is COc1cccc(NC(=O)c2ccc(N(C)C3CCS(=O)(=O)C3)nn2)c1. The molecule has 1 aromatic heterocycles. The fourth-order valence-corrected chi connectivity index (χ4v) is 4.57. The standard InChI is InChI=1S/C17H20N4O4S/c1-21(13-8-9-26(23,24)11-13)16-7-6-15(19-20-16)17(22)18-12-4-3-5-14(10-12)25-2/h3-7,10,13H,8-9,11H2,1-2H3,(H,18,22). The first kappa shape index (κ1) is 18.1. The van der Waals surface area contributed by atoms with E-state index in [1.54, 1.807) is 55.5 Å². The zero-order valence-electron chi connectivity index (χ0n) is 14.5. The lowest BCUT2D eigenvalue weighted by atomic mass is 10.2. The van der Waals surface area contributed by atoms with Crippen LogP contribution in [-0.2, 0) is 9.84 Å². The highest BCUT2D eigenvalue weighted by atomic mass is 32.2. The van der Waals surface area contributed by atoms with Crippen LogP contribution in [0.15, 0.2) is 36.4 Å². The summed E-state index contributed by atoms with van der Waals surface area (Å²) < 4.78 is 28.3. The van der Waals surface area contributed by atoms with Crippen LogP contribution in [0.25, 0.3) is 0 Å². The Balaban J connectivity index is 1.67. The van der Waals surface area contributed by atoms with Gasteiger partial charge in [-0.15, -0.1) is 10.2 Å². The highest BCUT2D eigenvalue weighted by Gasteiger charge is 2.31. The molecule has 0 spiro atoms. The van der Waals surface area contributed by atoms with Crippen LogP contribution in [0.5, 0.6) is 5.75 Å². The number of hydrogen-bond acceptors (Lipinski definition) is 7. The Kier molecular flexibility index (Phi) is 5.08. The fraction of sp³-hybridized carbons (Fsp3) is 0.353. The molecule has 8 nitrogen and oxygen atoms in total. The summed E-state index contributed by atoms with van der Waals surface area (Å²) in [6, 6.07) is 10.1. The molecule has 2 aromatic rings. The lowest BCUT2D eigenvalue weighted by Crippen LogP contribution is -2.33. The van der Waals surface area contributed by atoms with E-state index in [0.29, 0.717) is 23.7 Å². The van der Waals surface area contributed by atoms with Gasteiger partial charge in [-0.25, -0.2) is 8.42 Å². The molecule has 26 heavy (non-hydrogen) atoms. The molecule has 3 rings (SSSR count). The maximum absolute atomic E-state index is 12.3. The number of carbonyl (C=O) groups excluding carboxylic acids is 1. The number of hydrogen-bond donors (Lipinski definition) is 1. The largest absolute Gasteiger partial charge is 0.497 e. The van der Waals surface area contributed by atoms with E-state index in [-0.39, 0.29) is 29.1 Å². The van der Waals surface area contributed by atoms with E-state index in [9.17, 15) is 13.2 Å². The summed E-state index contributed by atoms with van der Waals surface area (Å²) in [7, 11) is 0.361. The van der Waals surface area contributed by atoms with Crippen LogP contribution in [-0.4, -0.2) is 56.2 Å². The number of nitrogens with zero attached hydrogens (tertiary/aromatic N) is 3. The summed E-state index contributed by atoms with van der Waals surface area (Å²) in [5.74, 6) is 1.09. The molecule has 9 heteroatoms. The molecule has 138 valence electrons. The van der Waals surface area contributed by atoms with Crippen LogP contribution in [0.4, 0.5) is 11.5 Å². The second kappa shape index (κ2) is 7.28. The average molecular weight is 376 g/mol. The van der Waals surface area contributed by atoms with Gasteiger partial charge in [-0.05, 0) is 30.7 Å². The summed E-state index contributed by atoms with van der Waals surface area (Å²) >= 11 is 0. The minimum atomic E-state index is -2.97. The van der Waals surface area contributed by atoms with Gasteiger partial charge in [-0.2, -0.15) is 0 Å². The zero-order valence-corrected chi connectivity index (χ0v) is 15.4. The number of amides is 1. The summed E-state index contributed by atoms with van der Waals surface area (Å²) in [5, 5.41) is 10.8. The van der Waals surface area contributed by atoms with Gasteiger partial charge in [0.1, 0.15) is 5.75 Å². The van der Waals surface area contributed by atoms with Crippen molar-refractivity contribution in [2.24, 2.45) is 0 Å². The van der Waals surface area contributed by atoms with Gasteiger partial charge in [0.15, 0.2) is 21.3 Å². The van der Waals surface area contributed by atoms with Crippen molar-refractivity contribution in [3.05, 3.63) is 42.1 Å². The molecule has 0 bridgehead atoms. The molecule has 1 aliphatic rings. The number of nitrogens with one attached hydrogen (secondary N) is 1. The van der Waals surface area contributed by atoms with E-state index in [0.717, 1.165) is 0 Å². The van der Waals surface area contributed by atoms with Gasteiger partial charge >= 0.3 is 0 Å². The molecule has 1 N–H and O–H groups in total. The van der Waals surface area contributed by atoms with E-state index >= 15 is 0 Å². The Labute approximate surface area is 152 Å². The van der Waals surface area contributed by atoms with Crippen molar-refractivity contribution in [3.63, 3.8) is 0 Å². The summed E-state index contributed by atoms with van der Waals surface area (Å²) in [5.41, 5.74) is 0.762. The maximum Gasteiger partial charge on any atom is 0.276 e. The Bertz CT molecular complexity index is 899. The van der Waals surface area contributed by atoms with Crippen molar-refractivity contribution >= 4 is 27.2 Å². The molecule has 1 unspecified atom stereocenters. The van der Waals surface area contributed by atoms with Crippen LogP contribution in [0.2, 0.25) is 0 Å². The highest BCUT2D eigenvalue weighted by molar-refractivity contribution is 7.91. The number of anilines is 2. The minimum Gasteiger partial charge on any atom is -0.497 e. The van der Waals surface area contributed by atoms with Gasteiger partial charge in [0, 0.05) is 24.8 Å². The fourth-order valence-electron chi connectivity index (χ4n) is 2.80. The molecule has 1 fully saturated rings. The Morgan fingerprint density at radius 2 is 2.08 bits per heavy atom. The van der Waals surface area contributed by atoms with Crippen molar-refractivity contribution in [1.29, 1.82) is 0 Å². The second-order valence-corrected chi connectivity index (χ2v) is 8.36. The van der Waals surface area contributed by atoms with E-state index < -0.39 is 9.84 Å². The molecular formula is C17H20N4O4S. The first-order valence-electron chi connectivity index (χ1n) is 8.10. The molecule has 1 aliphatic heterocycles. The maximum atomic E-state index is 12.3. The van der Waals surface area contributed by atoms with Gasteiger partial charge in [-0.3, -0.25) is 4.79 Å². The van der Waals surface area contributed by atoms with Crippen molar-refractivity contribution in [1.82, 2.24) is 10.2 Å². The third-order valence-corrected chi connectivity index (χ3v) is 6.08. The normalized spacial score (nSPS) is 18.3. The van der Waals surface area contributed by atoms with Crippen LogP contribution in [0.1, 0.15) is 16.9 Å². The van der Waals surface area contributed by atoms with Crippen molar-refractivity contribution in [2.45, 2.75) is 12.5 Å². The summed E-state index contributed by atoms with van der Waals surface area (Å²) in [6.45, 7) is 0. The number of ether oxygens (including phenoxy) is 1. The Morgan fingerprint density at radius 3 is 2.69 bits per heavy atom. The monoisotopic (exact) mass is 376 g/mol. The highest BCUT2D eigenvalue weighted by Crippen LogP contribution is 2.21. The number of carbonyl (C=O) groups is 1. The van der Waals surface area contributed by atoms with E-state index in [4.69, 9.17) is 4.74 Å². The van der Waals surface area contributed by atoms with Crippen LogP contribution < -0.4 is 15.0 Å². The second-order valence-electron chi connectivity index (χ2n) is 6.13. The van der Waals surface area contributed by atoms with Gasteiger partial charge < -0.3 is 15.0 Å². The van der Waals surface area contributed by atoms with Crippen LogP contribution >= 0.6 is 0 Å². The van der Waals surface area contributed by atoms with Gasteiger partial charge in [0.2, 0.25) is 0 Å². The molecule has 1 saturated heterocycles. The first-order chi connectivity index (χ1) is 12.4. The predicted molar refractivity (Wildman–Crippen MR) is 98.4 cm³/mol. The van der Waals surface area contributed by atoms with Crippen LogP contribution in [0.3, 0.4) is 0 Å². The van der Waals surface area contributed by atoms with E-state index in [1.807, 2.05) is 0 Å². The topological polar surface area (TPSA) is 101 Å². The van der Waals surface area contributed by atoms with Gasteiger partial charge in [0.05, 0.1) is 18.6 Å². The minimum absolute atomic E-state index is 0.114. The zero-order chi connectivity index (χ0) is 18.7. The number of sulfone groups is 1. The summed E-state index contributed by atoms with van der Waals surface area (Å²) in [6.07, 6.45) is 0.568. The Morgan fingerprint density at radius 1 is 1.27 bits per heavy atom. The number of benzene rings is 1. The third-order valence-electron chi connectivity index (χ3n) is 4.33. The Hall–Kier alpha value is -2.68. The van der Waals surface area contributed by atoms with Gasteiger partial charge in [0.25, 0.3) is 5.91 Å². The average Bonchev–Trinajstić information content (AvgIpc) is 3.01. The molecule has 0 aliphatic carbocycles. The molecule has 0 radical (unpaired) electrons. The molecule has 0 saturated carbocycles. The van der Waals surface area contributed by atoms with Gasteiger partial charge in [-0.1, -0.05) is 6.07 Å². The number of aromatic nitrogens is 2. The number of rotatable bonds is 5. The first-order valence-corrected chi connectivity index (χ1v) is 9.92. The molecule has 1 atom stereocenters. The van der Waals surface area contributed by atoms with Crippen molar-refractivity contribution in [3.8, 4) is 5.75 Å². The van der Waals surface area contributed by atoms with E-state index in [1.165, 1.54) is 0 Å². The van der Waals surface area contributed by atoms with E-state index in [2.05, 4.69) is 15.5 Å². The van der Waals surface area contributed by atoms with Crippen LogP contribution in [0, 0.1) is 0 Å². The predicted octanol–water partition coefficient (Wildman–Crippen LogP) is 1.36. The quantitative estimate of drug-likeness (QED) is 0.841. The molecule has 1 amide bonds. The molecule has 2 heterocycles. The summed E-state index contributed by atoms with van der Waals surface area (Å²) in [4.78, 5) is 14.1. The molecule has 1 aromatic carbocycles.